The van der Waals surface area contributed by atoms with E-state index in [1.807, 2.05) is 48.8 Å². The molecular weight excluding hydrogens is 416 g/mol. The first kappa shape index (κ1) is 22.3. The van der Waals surface area contributed by atoms with Gasteiger partial charge in [0.1, 0.15) is 11.6 Å². The zero-order valence-corrected chi connectivity index (χ0v) is 18.9. The highest BCUT2D eigenvalue weighted by atomic mass is 16.2. The van der Waals surface area contributed by atoms with E-state index in [4.69, 9.17) is 0 Å². The Morgan fingerprint density at radius 2 is 2.18 bits per heavy atom. The highest BCUT2D eigenvalue weighted by Gasteiger charge is 2.32. The van der Waals surface area contributed by atoms with Gasteiger partial charge >= 0.3 is 0 Å². The van der Waals surface area contributed by atoms with Gasteiger partial charge < -0.3 is 14.8 Å². The van der Waals surface area contributed by atoms with Gasteiger partial charge in [0.25, 0.3) is 11.8 Å². The second kappa shape index (κ2) is 9.74. The molecule has 170 valence electrons. The lowest BCUT2D eigenvalue weighted by atomic mass is 10.1. The predicted molar refractivity (Wildman–Crippen MR) is 127 cm³/mol. The van der Waals surface area contributed by atoms with Crippen molar-refractivity contribution in [2.24, 2.45) is 5.92 Å². The van der Waals surface area contributed by atoms with Crippen LogP contribution in [0.25, 0.3) is 11.0 Å². The number of benzene rings is 1. The molecule has 3 heterocycles. The van der Waals surface area contributed by atoms with E-state index in [0.717, 1.165) is 23.9 Å². The van der Waals surface area contributed by atoms with E-state index in [2.05, 4.69) is 21.7 Å². The van der Waals surface area contributed by atoms with Gasteiger partial charge in [-0.1, -0.05) is 44.2 Å². The Morgan fingerprint density at radius 1 is 1.36 bits per heavy atom. The van der Waals surface area contributed by atoms with Crippen molar-refractivity contribution >= 4 is 28.8 Å². The number of anilines is 1. The van der Waals surface area contributed by atoms with E-state index in [-0.39, 0.29) is 29.3 Å². The maximum atomic E-state index is 13.1. The van der Waals surface area contributed by atoms with Gasteiger partial charge in [0, 0.05) is 25.8 Å². The van der Waals surface area contributed by atoms with Gasteiger partial charge in [-0.15, -0.1) is 0 Å². The minimum Gasteiger partial charge on any atom is -0.387 e. The summed E-state index contributed by atoms with van der Waals surface area (Å²) in [4.78, 5) is 32.3. The molecule has 33 heavy (non-hydrogen) atoms. The van der Waals surface area contributed by atoms with Crippen molar-refractivity contribution in [3.8, 4) is 6.07 Å². The van der Waals surface area contributed by atoms with Gasteiger partial charge in [-0.3, -0.25) is 14.9 Å². The monoisotopic (exact) mass is 444 g/mol. The maximum absolute atomic E-state index is 13.1. The van der Waals surface area contributed by atoms with E-state index in [9.17, 15) is 14.9 Å². The maximum Gasteiger partial charge on any atom is 0.264 e. The molecule has 8 nitrogen and oxygen atoms in total. The first-order chi connectivity index (χ1) is 16.0. The number of hydrogen-bond acceptors (Lipinski definition) is 5. The van der Waals surface area contributed by atoms with Crippen LogP contribution in [-0.2, 0) is 16.1 Å². The number of aromatic nitrogens is 2. The number of allylic oxidation sites excluding steroid dienone is 1. The lowest BCUT2D eigenvalue weighted by Crippen LogP contribution is -2.39. The summed E-state index contributed by atoms with van der Waals surface area (Å²) >= 11 is 0. The third-order valence-corrected chi connectivity index (χ3v) is 5.81. The van der Waals surface area contributed by atoms with Crippen molar-refractivity contribution in [1.29, 1.82) is 5.26 Å². The smallest absolute Gasteiger partial charge is 0.264 e. The van der Waals surface area contributed by atoms with Gasteiger partial charge in [-0.2, -0.15) is 5.26 Å². The fourth-order valence-corrected chi connectivity index (χ4v) is 4.29. The molecule has 1 unspecified atom stereocenters. The van der Waals surface area contributed by atoms with E-state index < -0.39 is 0 Å². The molecule has 2 N–H and O–H groups in total. The Bertz CT molecular complexity index is 1200. The molecule has 4 rings (SSSR count). The summed E-state index contributed by atoms with van der Waals surface area (Å²) < 4.78 is 1.96. The van der Waals surface area contributed by atoms with Crippen LogP contribution in [0, 0.1) is 17.2 Å². The lowest BCUT2D eigenvalue weighted by molar-refractivity contribution is -0.127. The van der Waals surface area contributed by atoms with Crippen LogP contribution in [0.2, 0.25) is 0 Å². The average Bonchev–Trinajstić information content (AvgIpc) is 3.42. The standard InChI is InChI=1S/C25H28N6O2/c1-17(2)13-19(14-26)24(33)30-12-6-8-20(30)16-31-22-10-4-3-9-21(22)28-25(31)29-23(32)18-7-5-11-27-15-18/h3-5,7,9-10,13,15,17,20,27H,6,8,11-12,16H2,1-2H3,(H,28,29,32)/b19-13+. The second-order valence-electron chi connectivity index (χ2n) is 8.63. The number of likely N-dealkylation sites (tertiary alicyclic amines) is 1. The van der Waals surface area contributed by atoms with Gasteiger partial charge in [-0.05, 0) is 30.9 Å². The van der Waals surface area contributed by atoms with Crippen LogP contribution >= 0.6 is 0 Å². The minimum atomic E-state index is -0.249. The molecule has 2 aromatic rings. The van der Waals surface area contributed by atoms with Crippen LogP contribution in [0.1, 0.15) is 26.7 Å². The number of nitrogens with one attached hydrogen (secondary N) is 2. The number of rotatable bonds is 6. The highest BCUT2D eigenvalue weighted by Crippen LogP contribution is 2.26. The number of para-hydroxylation sites is 2. The van der Waals surface area contributed by atoms with E-state index >= 15 is 0 Å². The van der Waals surface area contributed by atoms with Gasteiger partial charge in [0.15, 0.2) is 0 Å². The lowest BCUT2D eigenvalue weighted by Gasteiger charge is -2.26. The Hall–Kier alpha value is -3.86. The fourth-order valence-electron chi connectivity index (χ4n) is 4.29. The number of nitrogens with zero attached hydrogens (tertiary/aromatic N) is 4. The Kier molecular flexibility index (Phi) is 6.59. The molecular formula is C25H28N6O2. The van der Waals surface area contributed by atoms with Crippen LogP contribution in [0.4, 0.5) is 5.95 Å². The summed E-state index contributed by atoms with van der Waals surface area (Å²) in [6, 6.07) is 9.67. The number of fused-ring (bicyclic) bond motifs is 1. The predicted octanol–water partition coefficient (Wildman–Crippen LogP) is 3.12. The van der Waals surface area contributed by atoms with Crippen molar-refractivity contribution in [3.63, 3.8) is 0 Å². The van der Waals surface area contributed by atoms with E-state index in [1.165, 1.54) is 0 Å². The highest BCUT2D eigenvalue weighted by molar-refractivity contribution is 6.05. The minimum absolute atomic E-state index is 0.0925. The molecule has 0 radical (unpaired) electrons. The summed E-state index contributed by atoms with van der Waals surface area (Å²) in [7, 11) is 0. The fraction of sp³-hybridized carbons (Fsp3) is 0.360. The number of amides is 2. The van der Waals surface area contributed by atoms with Crippen LogP contribution in [-0.4, -0.2) is 45.4 Å². The summed E-state index contributed by atoms with van der Waals surface area (Å²) in [5.74, 6) is 0.0774. The van der Waals surface area contributed by atoms with Gasteiger partial charge in [0.05, 0.1) is 22.6 Å². The molecule has 2 amide bonds. The second-order valence-corrected chi connectivity index (χ2v) is 8.63. The van der Waals surface area contributed by atoms with E-state index in [0.29, 0.717) is 31.2 Å². The third kappa shape index (κ3) is 4.82. The molecule has 0 saturated carbocycles. The average molecular weight is 445 g/mol. The van der Waals surface area contributed by atoms with E-state index in [1.54, 1.807) is 23.3 Å². The van der Waals surface area contributed by atoms with Crippen molar-refractivity contribution < 1.29 is 9.59 Å². The topological polar surface area (TPSA) is 103 Å². The molecule has 1 aromatic carbocycles. The number of dihydropyridines is 1. The third-order valence-electron chi connectivity index (χ3n) is 5.81. The number of nitriles is 1. The number of imidazole rings is 1. The molecule has 2 aliphatic rings. The largest absolute Gasteiger partial charge is 0.387 e. The molecule has 0 aliphatic carbocycles. The summed E-state index contributed by atoms with van der Waals surface area (Å²) in [6.07, 6.45) is 8.76. The van der Waals surface area contributed by atoms with Crippen molar-refractivity contribution in [3.05, 3.63) is 59.8 Å². The molecule has 8 heteroatoms. The Balaban J connectivity index is 1.62. The van der Waals surface area contributed by atoms with Crippen molar-refractivity contribution in [2.45, 2.75) is 39.3 Å². The molecule has 2 aliphatic heterocycles. The molecule has 1 fully saturated rings. The number of hydrogen-bond donors (Lipinski definition) is 2. The quantitative estimate of drug-likeness (QED) is 0.526. The zero-order chi connectivity index (χ0) is 23.4. The van der Waals surface area contributed by atoms with Crippen LogP contribution in [0.15, 0.2) is 59.8 Å². The first-order valence-electron chi connectivity index (χ1n) is 11.3. The Labute approximate surface area is 193 Å². The number of carbonyl (C=O) groups excluding carboxylic acids is 2. The Morgan fingerprint density at radius 3 is 2.91 bits per heavy atom. The first-order valence-corrected chi connectivity index (χ1v) is 11.3. The normalized spacial score (nSPS) is 18.2. The molecule has 0 bridgehead atoms. The van der Waals surface area contributed by atoms with Gasteiger partial charge in [0.2, 0.25) is 5.95 Å². The van der Waals surface area contributed by atoms with Crippen LogP contribution in [0.3, 0.4) is 0 Å². The summed E-state index contributed by atoms with van der Waals surface area (Å²) in [5.41, 5.74) is 2.36. The molecule has 1 aromatic heterocycles. The number of carbonyl (C=O) groups is 2. The SMILES string of the molecule is CC(C)/C=C(\C#N)C(=O)N1CCCC1Cn1c(NC(=O)C2=CNCC=C2)nc2ccccc21. The van der Waals surface area contributed by atoms with Crippen molar-refractivity contribution in [2.75, 3.05) is 18.4 Å². The van der Waals surface area contributed by atoms with Crippen molar-refractivity contribution in [1.82, 2.24) is 19.8 Å². The molecule has 1 saturated heterocycles. The summed E-state index contributed by atoms with van der Waals surface area (Å²) in [6.45, 7) is 5.68. The molecule has 1 atom stereocenters. The molecule has 0 spiro atoms. The van der Waals surface area contributed by atoms with Gasteiger partial charge in [-0.25, -0.2) is 4.98 Å². The van der Waals surface area contributed by atoms with Crippen LogP contribution in [0.5, 0.6) is 0 Å². The van der Waals surface area contributed by atoms with Crippen LogP contribution < -0.4 is 10.6 Å². The zero-order valence-electron chi connectivity index (χ0n) is 18.9. The summed E-state index contributed by atoms with van der Waals surface area (Å²) in [5, 5.41) is 15.5.